The summed E-state index contributed by atoms with van der Waals surface area (Å²) in [5, 5.41) is 0. The van der Waals surface area contributed by atoms with Crippen LogP contribution in [0.15, 0.2) is 47.6 Å². The fourth-order valence-corrected chi connectivity index (χ4v) is 2.07. The molecule has 0 spiro atoms. The summed E-state index contributed by atoms with van der Waals surface area (Å²) in [5.74, 6) is 0. The third-order valence-electron chi connectivity index (χ3n) is 3.15. The third kappa shape index (κ3) is 2.31. The summed E-state index contributed by atoms with van der Waals surface area (Å²) in [7, 11) is 0. The zero-order valence-electron chi connectivity index (χ0n) is 9.61. The lowest BCUT2D eigenvalue weighted by atomic mass is 9.75. The minimum Gasteiger partial charge on any atom is -0.329 e. The topological polar surface area (TPSA) is 38.4 Å². The molecule has 0 amide bonds. The van der Waals surface area contributed by atoms with Gasteiger partial charge in [0.15, 0.2) is 0 Å². The lowest BCUT2D eigenvalue weighted by molar-refractivity contribution is -0.0613. The van der Waals surface area contributed by atoms with Gasteiger partial charge in [-0.05, 0) is 5.56 Å². The van der Waals surface area contributed by atoms with Crippen LogP contribution in [0.4, 0.5) is 13.2 Å². The highest BCUT2D eigenvalue weighted by Crippen LogP contribution is 2.35. The number of hydrogen-bond acceptors (Lipinski definition) is 2. The normalized spacial score (nSPS) is 23.9. The molecular formula is C13H13F3N2. The van der Waals surface area contributed by atoms with Gasteiger partial charge in [-0.25, -0.2) is 0 Å². The fraction of sp³-hybridized carbons (Fsp3) is 0.308. The van der Waals surface area contributed by atoms with Crippen molar-refractivity contribution in [3.8, 4) is 0 Å². The first-order chi connectivity index (χ1) is 8.48. The van der Waals surface area contributed by atoms with Crippen LogP contribution >= 0.6 is 0 Å². The molecule has 1 atom stereocenters. The van der Waals surface area contributed by atoms with Crippen molar-refractivity contribution in [2.75, 3.05) is 6.54 Å². The van der Waals surface area contributed by atoms with E-state index in [1.807, 2.05) is 6.07 Å². The van der Waals surface area contributed by atoms with Crippen molar-refractivity contribution < 1.29 is 13.2 Å². The number of nitrogens with zero attached hydrogens (tertiary/aromatic N) is 1. The molecule has 96 valence electrons. The van der Waals surface area contributed by atoms with Crippen molar-refractivity contribution >= 4 is 5.71 Å². The van der Waals surface area contributed by atoms with E-state index in [0.717, 1.165) is 5.56 Å². The average molecular weight is 254 g/mol. The highest BCUT2D eigenvalue weighted by molar-refractivity contribution is 5.92. The van der Waals surface area contributed by atoms with Crippen LogP contribution < -0.4 is 5.73 Å². The number of alkyl halides is 3. The van der Waals surface area contributed by atoms with Gasteiger partial charge < -0.3 is 5.73 Å². The molecule has 1 aromatic carbocycles. The van der Waals surface area contributed by atoms with Crippen LogP contribution in [0, 0.1) is 0 Å². The first kappa shape index (κ1) is 12.8. The van der Waals surface area contributed by atoms with Crippen molar-refractivity contribution in [1.82, 2.24) is 0 Å². The Morgan fingerprint density at radius 1 is 1.22 bits per heavy atom. The Labute approximate surface area is 103 Å². The van der Waals surface area contributed by atoms with Gasteiger partial charge in [0.25, 0.3) is 0 Å². The number of aliphatic imine (C=N–C) groups is 1. The summed E-state index contributed by atoms with van der Waals surface area (Å²) in [6.45, 7) is 0.114. The number of halogens is 3. The zero-order chi connectivity index (χ0) is 13.2. The van der Waals surface area contributed by atoms with Crippen LogP contribution in [0.2, 0.25) is 0 Å². The number of hydrogen-bond donors (Lipinski definition) is 1. The van der Waals surface area contributed by atoms with E-state index in [1.165, 1.54) is 6.20 Å². The molecule has 1 unspecified atom stereocenters. The molecule has 0 saturated carbocycles. The quantitative estimate of drug-likeness (QED) is 0.865. The minimum absolute atomic E-state index is 0.114. The molecule has 2 rings (SSSR count). The molecule has 1 aromatic rings. The minimum atomic E-state index is -4.40. The van der Waals surface area contributed by atoms with Gasteiger partial charge in [0, 0.05) is 24.6 Å². The van der Waals surface area contributed by atoms with Gasteiger partial charge in [-0.2, -0.15) is 13.2 Å². The van der Waals surface area contributed by atoms with Crippen LogP contribution in [-0.4, -0.2) is 18.4 Å². The van der Waals surface area contributed by atoms with E-state index in [2.05, 4.69) is 4.99 Å². The lowest BCUT2D eigenvalue weighted by Gasteiger charge is -2.32. The third-order valence-corrected chi connectivity index (χ3v) is 3.15. The van der Waals surface area contributed by atoms with Gasteiger partial charge in [0.2, 0.25) is 0 Å². The molecule has 0 aliphatic carbocycles. The zero-order valence-corrected chi connectivity index (χ0v) is 9.61. The van der Waals surface area contributed by atoms with Gasteiger partial charge in [-0.15, -0.1) is 0 Å². The van der Waals surface area contributed by atoms with Crippen molar-refractivity contribution in [1.29, 1.82) is 0 Å². The summed E-state index contributed by atoms with van der Waals surface area (Å²) in [6, 6.07) is 8.98. The molecule has 5 heteroatoms. The first-order valence-electron chi connectivity index (χ1n) is 5.55. The maximum Gasteiger partial charge on any atom is 0.429 e. The Hall–Kier alpha value is -1.62. The van der Waals surface area contributed by atoms with Crippen LogP contribution in [-0.2, 0) is 5.41 Å². The van der Waals surface area contributed by atoms with Crippen LogP contribution in [0.5, 0.6) is 0 Å². The van der Waals surface area contributed by atoms with E-state index < -0.39 is 17.3 Å². The molecule has 0 bridgehead atoms. The van der Waals surface area contributed by atoms with Gasteiger partial charge in [0.1, 0.15) is 5.71 Å². The van der Waals surface area contributed by atoms with Gasteiger partial charge in [-0.1, -0.05) is 36.4 Å². The molecule has 1 heterocycles. The van der Waals surface area contributed by atoms with Gasteiger partial charge in [0.05, 0.1) is 0 Å². The Morgan fingerprint density at radius 2 is 1.89 bits per heavy atom. The molecule has 0 saturated heterocycles. The maximum absolute atomic E-state index is 12.7. The summed E-state index contributed by atoms with van der Waals surface area (Å²) in [6.07, 6.45) is -1.77. The predicted molar refractivity (Wildman–Crippen MR) is 64.4 cm³/mol. The number of benzene rings is 1. The van der Waals surface area contributed by atoms with E-state index in [9.17, 15) is 13.2 Å². The van der Waals surface area contributed by atoms with E-state index in [0.29, 0.717) is 0 Å². The molecule has 0 aromatic heterocycles. The molecule has 0 fully saturated rings. The van der Waals surface area contributed by atoms with Crippen LogP contribution in [0.25, 0.3) is 0 Å². The predicted octanol–water partition coefficient (Wildman–Crippen LogP) is 2.80. The first-order valence-corrected chi connectivity index (χ1v) is 5.55. The van der Waals surface area contributed by atoms with E-state index in [-0.39, 0.29) is 13.0 Å². The molecule has 18 heavy (non-hydrogen) atoms. The molecule has 1 aliphatic heterocycles. The summed E-state index contributed by atoms with van der Waals surface area (Å²) < 4.78 is 38.2. The summed E-state index contributed by atoms with van der Waals surface area (Å²) in [4.78, 5) is 3.42. The monoisotopic (exact) mass is 254 g/mol. The number of nitrogens with two attached hydrogens (primary N) is 1. The standard InChI is InChI=1S/C13H13F3N2/c14-13(15,16)11-8-12(9-17,6-7-18-11)10-4-2-1-3-5-10/h1-7H,8-9,17H2. The summed E-state index contributed by atoms with van der Waals surface area (Å²) >= 11 is 0. The second-order valence-electron chi connectivity index (χ2n) is 4.29. The summed E-state index contributed by atoms with van der Waals surface area (Å²) in [5.41, 5.74) is 4.89. The SMILES string of the molecule is NCC1(c2ccccc2)C=CN=C(C(F)(F)F)C1. The van der Waals surface area contributed by atoms with Crippen LogP contribution in [0.1, 0.15) is 12.0 Å². The van der Waals surface area contributed by atoms with Crippen molar-refractivity contribution in [3.05, 3.63) is 48.2 Å². The molecule has 2 N–H and O–H groups in total. The second-order valence-corrected chi connectivity index (χ2v) is 4.29. The molecular weight excluding hydrogens is 241 g/mol. The highest BCUT2D eigenvalue weighted by atomic mass is 19.4. The molecule has 1 aliphatic rings. The molecule has 2 nitrogen and oxygen atoms in total. The van der Waals surface area contributed by atoms with Crippen molar-refractivity contribution in [3.63, 3.8) is 0 Å². The van der Waals surface area contributed by atoms with E-state index in [1.54, 1.807) is 30.3 Å². The molecule has 0 radical (unpaired) electrons. The van der Waals surface area contributed by atoms with E-state index >= 15 is 0 Å². The Morgan fingerprint density at radius 3 is 2.44 bits per heavy atom. The average Bonchev–Trinajstić information content (AvgIpc) is 2.39. The fourth-order valence-electron chi connectivity index (χ4n) is 2.07. The van der Waals surface area contributed by atoms with Gasteiger partial charge >= 0.3 is 6.18 Å². The maximum atomic E-state index is 12.7. The Bertz CT molecular complexity index is 477. The van der Waals surface area contributed by atoms with E-state index in [4.69, 9.17) is 5.73 Å². The Balaban J connectivity index is 2.38. The smallest absolute Gasteiger partial charge is 0.329 e. The van der Waals surface area contributed by atoms with Crippen molar-refractivity contribution in [2.24, 2.45) is 10.7 Å². The van der Waals surface area contributed by atoms with Crippen LogP contribution in [0.3, 0.4) is 0 Å². The second kappa shape index (κ2) is 4.57. The lowest BCUT2D eigenvalue weighted by Crippen LogP contribution is -2.40. The van der Waals surface area contributed by atoms with Gasteiger partial charge in [-0.3, -0.25) is 4.99 Å². The largest absolute Gasteiger partial charge is 0.429 e. The number of rotatable bonds is 2. The van der Waals surface area contributed by atoms with Crippen molar-refractivity contribution in [2.45, 2.75) is 18.0 Å². The highest BCUT2D eigenvalue weighted by Gasteiger charge is 2.42. The Kier molecular flexibility index (Phi) is 3.26.